The van der Waals surface area contributed by atoms with Crippen LogP contribution in [0.4, 0.5) is 17.2 Å². The van der Waals surface area contributed by atoms with Crippen LogP contribution in [0.1, 0.15) is 33.3 Å². The average Bonchev–Trinajstić information content (AvgIpc) is 2.88. The van der Waals surface area contributed by atoms with Crippen molar-refractivity contribution in [2.24, 2.45) is 0 Å². The molecule has 1 amide bonds. The highest BCUT2D eigenvalue weighted by Gasteiger charge is 2.22. The van der Waals surface area contributed by atoms with Crippen molar-refractivity contribution in [2.75, 3.05) is 10.6 Å². The predicted octanol–water partition coefficient (Wildman–Crippen LogP) is 4.35. The molecule has 2 aromatic heterocycles. The zero-order valence-corrected chi connectivity index (χ0v) is 17.0. The number of aryl methyl sites for hydroxylation is 1. The van der Waals surface area contributed by atoms with Gasteiger partial charge in [0.15, 0.2) is 5.65 Å². The first-order valence-electron chi connectivity index (χ1n) is 8.22. The van der Waals surface area contributed by atoms with Crippen molar-refractivity contribution < 1.29 is 4.79 Å². The number of benzene rings is 1. The molecule has 7 nitrogen and oxygen atoms in total. The van der Waals surface area contributed by atoms with Crippen LogP contribution in [-0.2, 0) is 10.3 Å². The molecule has 1 aromatic carbocycles. The van der Waals surface area contributed by atoms with Gasteiger partial charge in [0.05, 0.1) is 10.9 Å². The summed E-state index contributed by atoms with van der Waals surface area (Å²) in [6, 6.07) is 5.72. The minimum absolute atomic E-state index is 0.0927. The third-order valence-corrected chi connectivity index (χ3v) is 4.41. The van der Waals surface area contributed by atoms with E-state index in [2.05, 4.69) is 62.4 Å². The van der Waals surface area contributed by atoms with E-state index in [9.17, 15) is 4.79 Å². The monoisotopic (exact) mass is 416 g/mol. The summed E-state index contributed by atoms with van der Waals surface area (Å²) in [6.07, 6.45) is 1.53. The minimum atomic E-state index is -0.202. The first-order chi connectivity index (χ1) is 12.2. The third kappa shape index (κ3) is 3.55. The van der Waals surface area contributed by atoms with Crippen LogP contribution in [-0.4, -0.2) is 25.7 Å². The molecule has 0 aliphatic rings. The van der Waals surface area contributed by atoms with Crippen molar-refractivity contribution >= 4 is 50.1 Å². The van der Waals surface area contributed by atoms with E-state index in [0.717, 1.165) is 28.0 Å². The van der Waals surface area contributed by atoms with Gasteiger partial charge in [0, 0.05) is 18.3 Å². The molecule has 0 radical (unpaired) electrons. The Morgan fingerprint density at radius 1 is 1.23 bits per heavy atom. The molecule has 0 aliphatic carbocycles. The number of nitrogens with zero attached hydrogens (tertiary/aromatic N) is 4. The molecule has 0 aliphatic heterocycles. The third-order valence-electron chi connectivity index (χ3n) is 3.86. The van der Waals surface area contributed by atoms with E-state index in [0.29, 0.717) is 10.4 Å². The van der Waals surface area contributed by atoms with E-state index in [4.69, 9.17) is 0 Å². The number of hydrogen-bond acceptors (Lipinski definition) is 5. The zero-order valence-electron chi connectivity index (χ0n) is 15.4. The van der Waals surface area contributed by atoms with E-state index >= 15 is 0 Å². The van der Waals surface area contributed by atoms with Crippen molar-refractivity contribution in [3.8, 4) is 0 Å². The van der Waals surface area contributed by atoms with Gasteiger partial charge >= 0.3 is 0 Å². The highest BCUT2D eigenvalue weighted by Crippen LogP contribution is 2.32. The number of rotatable bonds is 3. The largest absolute Gasteiger partial charge is 0.339 e. The molecule has 8 heteroatoms. The summed E-state index contributed by atoms with van der Waals surface area (Å²) in [6.45, 7) is 9.66. The lowest BCUT2D eigenvalue weighted by molar-refractivity contribution is -0.114. The molecule has 0 spiro atoms. The van der Waals surface area contributed by atoms with Crippen LogP contribution in [0.5, 0.6) is 0 Å². The van der Waals surface area contributed by atoms with Crippen LogP contribution in [0, 0.1) is 6.92 Å². The Labute approximate surface area is 160 Å². The topological polar surface area (TPSA) is 84.7 Å². The second kappa shape index (κ2) is 6.68. The molecule has 0 bridgehead atoms. The number of amides is 1. The maximum Gasteiger partial charge on any atom is 0.221 e. The van der Waals surface area contributed by atoms with Gasteiger partial charge in [-0.25, -0.2) is 14.6 Å². The Kier molecular flexibility index (Phi) is 4.70. The van der Waals surface area contributed by atoms with Crippen LogP contribution >= 0.6 is 15.9 Å². The van der Waals surface area contributed by atoms with Crippen molar-refractivity contribution in [3.05, 3.63) is 34.7 Å². The first kappa shape index (κ1) is 18.3. The van der Waals surface area contributed by atoms with E-state index in [1.165, 1.54) is 13.3 Å². The minimum Gasteiger partial charge on any atom is -0.339 e. The lowest BCUT2D eigenvalue weighted by Crippen LogP contribution is -2.23. The molecule has 2 heterocycles. The second-order valence-electron chi connectivity index (χ2n) is 7.13. The van der Waals surface area contributed by atoms with Gasteiger partial charge in [-0.15, -0.1) is 0 Å². The van der Waals surface area contributed by atoms with E-state index in [-0.39, 0.29) is 11.4 Å². The SMILES string of the molecule is CC(=O)Nc1ccc(Nc2ncnc3c2c(Br)nn3C(C)(C)C)cc1C. The molecule has 3 aromatic rings. The summed E-state index contributed by atoms with van der Waals surface area (Å²) in [5, 5.41) is 11.5. The van der Waals surface area contributed by atoms with Crippen LogP contribution < -0.4 is 10.6 Å². The Bertz CT molecular complexity index is 989. The fourth-order valence-corrected chi connectivity index (χ4v) is 3.21. The highest BCUT2D eigenvalue weighted by atomic mass is 79.9. The molecule has 0 saturated heterocycles. The van der Waals surface area contributed by atoms with Gasteiger partial charge in [-0.05, 0) is 67.4 Å². The number of anilines is 3. The van der Waals surface area contributed by atoms with Crippen LogP contribution in [0.3, 0.4) is 0 Å². The molecule has 0 unspecified atom stereocenters. The van der Waals surface area contributed by atoms with Gasteiger partial charge in [0.25, 0.3) is 0 Å². The van der Waals surface area contributed by atoms with Gasteiger partial charge in [-0.3, -0.25) is 4.79 Å². The number of carbonyl (C=O) groups is 1. The fourth-order valence-electron chi connectivity index (χ4n) is 2.68. The number of fused-ring (bicyclic) bond motifs is 1. The maximum atomic E-state index is 11.3. The summed E-state index contributed by atoms with van der Waals surface area (Å²) in [7, 11) is 0. The first-order valence-corrected chi connectivity index (χ1v) is 9.01. The molecular formula is C18H21BrN6O. The molecular weight excluding hydrogens is 396 g/mol. The fraction of sp³-hybridized carbons (Fsp3) is 0.333. The van der Waals surface area contributed by atoms with Crippen molar-refractivity contribution in [3.63, 3.8) is 0 Å². The predicted molar refractivity (Wildman–Crippen MR) is 107 cm³/mol. The number of carbonyl (C=O) groups excluding carboxylic acids is 1. The van der Waals surface area contributed by atoms with Gasteiger partial charge in [-0.2, -0.15) is 5.10 Å². The highest BCUT2D eigenvalue weighted by molar-refractivity contribution is 9.10. The molecule has 0 saturated carbocycles. The Morgan fingerprint density at radius 2 is 1.96 bits per heavy atom. The smallest absolute Gasteiger partial charge is 0.221 e. The number of aromatic nitrogens is 4. The summed E-state index contributed by atoms with van der Waals surface area (Å²) in [5.74, 6) is 0.578. The second-order valence-corrected chi connectivity index (χ2v) is 7.88. The Hall–Kier alpha value is -2.48. The molecule has 0 atom stereocenters. The van der Waals surface area contributed by atoms with Gasteiger partial charge in [-0.1, -0.05) is 0 Å². The number of nitrogens with one attached hydrogen (secondary N) is 2. The van der Waals surface area contributed by atoms with Crippen LogP contribution in [0.15, 0.2) is 29.1 Å². The molecule has 26 heavy (non-hydrogen) atoms. The lowest BCUT2D eigenvalue weighted by atomic mass is 10.1. The molecule has 2 N–H and O–H groups in total. The quantitative estimate of drug-likeness (QED) is 0.662. The van der Waals surface area contributed by atoms with Gasteiger partial charge in [0.1, 0.15) is 16.7 Å². The van der Waals surface area contributed by atoms with E-state index < -0.39 is 0 Å². The van der Waals surface area contributed by atoms with Crippen LogP contribution in [0.25, 0.3) is 11.0 Å². The average molecular weight is 417 g/mol. The normalized spacial score (nSPS) is 11.6. The van der Waals surface area contributed by atoms with Crippen molar-refractivity contribution in [1.29, 1.82) is 0 Å². The molecule has 0 fully saturated rings. The van der Waals surface area contributed by atoms with E-state index in [1.54, 1.807) is 0 Å². The lowest BCUT2D eigenvalue weighted by Gasteiger charge is -2.19. The zero-order chi connectivity index (χ0) is 19.1. The molecule has 136 valence electrons. The van der Waals surface area contributed by atoms with Gasteiger partial charge in [0.2, 0.25) is 5.91 Å². The number of halogens is 1. The van der Waals surface area contributed by atoms with Crippen molar-refractivity contribution in [2.45, 2.75) is 40.2 Å². The van der Waals surface area contributed by atoms with Crippen LogP contribution in [0.2, 0.25) is 0 Å². The maximum absolute atomic E-state index is 11.3. The Balaban J connectivity index is 2.01. The summed E-state index contributed by atoms with van der Waals surface area (Å²) in [4.78, 5) is 20.0. The molecule has 3 rings (SSSR count). The van der Waals surface area contributed by atoms with Gasteiger partial charge < -0.3 is 10.6 Å². The summed E-state index contributed by atoms with van der Waals surface area (Å²) < 4.78 is 2.57. The Morgan fingerprint density at radius 3 is 2.58 bits per heavy atom. The van der Waals surface area contributed by atoms with Crippen molar-refractivity contribution in [1.82, 2.24) is 19.7 Å². The van der Waals surface area contributed by atoms with E-state index in [1.807, 2.05) is 29.8 Å². The number of hydrogen-bond donors (Lipinski definition) is 2. The standard InChI is InChI=1S/C18H21BrN6O/c1-10-8-12(6-7-13(10)22-11(2)26)23-16-14-15(19)24-25(18(3,4)5)17(14)21-9-20-16/h6-9H,1-5H3,(H,22,26)(H,20,21,23). The summed E-state index contributed by atoms with van der Waals surface area (Å²) in [5.41, 5.74) is 3.17. The summed E-state index contributed by atoms with van der Waals surface area (Å²) >= 11 is 3.53.